The van der Waals surface area contributed by atoms with Crippen LogP contribution in [0, 0.1) is 5.41 Å². The lowest BCUT2D eigenvalue weighted by atomic mass is 9.98. The second-order valence-electron chi connectivity index (χ2n) is 6.42. The van der Waals surface area contributed by atoms with Crippen molar-refractivity contribution in [3.63, 3.8) is 0 Å². The van der Waals surface area contributed by atoms with Crippen molar-refractivity contribution in [2.24, 2.45) is 5.41 Å². The maximum absolute atomic E-state index is 11.7. The SMILES string of the molecule is CC(C)(C)C(=O)OCOC(=O)NC[C@H](CP(O)O)c1ccc(Cl)cc1. The van der Waals surface area contributed by atoms with Crippen molar-refractivity contribution in [3.8, 4) is 0 Å². The number of alkyl carbamates (subject to hydrolysis) is 1. The van der Waals surface area contributed by atoms with Gasteiger partial charge in [0.15, 0.2) is 8.38 Å². The van der Waals surface area contributed by atoms with Gasteiger partial charge in [-0.3, -0.25) is 4.79 Å². The van der Waals surface area contributed by atoms with Gasteiger partial charge in [-0.25, -0.2) is 4.79 Å². The molecule has 0 spiro atoms. The monoisotopic (exact) mass is 391 g/mol. The maximum Gasteiger partial charge on any atom is 0.410 e. The molecule has 25 heavy (non-hydrogen) atoms. The zero-order valence-electron chi connectivity index (χ0n) is 14.4. The molecular formula is C16H23ClNO6P. The van der Waals surface area contributed by atoms with Gasteiger partial charge in [-0.2, -0.15) is 0 Å². The highest BCUT2D eigenvalue weighted by molar-refractivity contribution is 7.45. The number of hydrogen-bond donors (Lipinski definition) is 3. The third kappa shape index (κ3) is 8.50. The van der Waals surface area contributed by atoms with Crippen molar-refractivity contribution >= 4 is 32.0 Å². The van der Waals surface area contributed by atoms with Gasteiger partial charge in [0.25, 0.3) is 0 Å². The van der Waals surface area contributed by atoms with Gasteiger partial charge in [-0.1, -0.05) is 23.7 Å². The van der Waals surface area contributed by atoms with E-state index in [0.29, 0.717) is 5.02 Å². The maximum atomic E-state index is 11.7. The minimum absolute atomic E-state index is 0.0935. The lowest BCUT2D eigenvalue weighted by Crippen LogP contribution is -2.32. The summed E-state index contributed by atoms with van der Waals surface area (Å²) in [6.45, 7) is 4.71. The van der Waals surface area contributed by atoms with Crippen molar-refractivity contribution in [1.29, 1.82) is 0 Å². The second kappa shape index (κ2) is 9.92. The molecule has 1 amide bonds. The van der Waals surface area contributed by atoms with Crippen LogP contribution in [0.25, 0.3) is 0 Å². The molecular weight excluding hydrogens is 369 g/mol. The Hall–Kier alpha value is -1.40. The fraction of sp³-hybridized carbons (Fsp3) is 0.500. The average molecular weight is 392 g/mol. The van der Waals surface area contributed by atoms with Crippen molar-refractivity contribution < 1.29 is 28.8 Å². The molecule has 1 rings (SSSR count). The van der Waals surface area contributed by atoms with Gasteiger partial charge in [0, 0.05) is 23.6 Å². The molecule has 0 bridgehead atoms. The Kier molecular flexibility index (Phi) is 8.59. The molecule has 0 radical (unpaired) electrons. The van der Waals surface area contributed by atoms with E-state index in [9.17, 15) is 19.4 Å². The number of ether oxygens (including phenoxy) is 2. The standard InChI is InChI=1S/C16H23ClNO6P/c1-16(2,3)14(19)23-10-24-15(20)18-8-12(9-25(21)22)11-4-6-13(17)7-5-11/h4-7,12,21-22H,8-10H2,1-3H3,(H,18,20)/t12-/m1/s1. The number of benzene rings is 1. The van der Waals surface area contributed by atoms with Crippen LogP contribution in [0.3, 0.4) is 0 Å². The van der Waals surface area contributed by atoms with E-state index in [-0.39, 0.29) is 18.6 Å². The molecule has 0 aliphatic heterocycles. The summed E-state index contributed by atoms with van der Waals surface area (Å²) in [7, 11) is -2.13. The Labute approximate surface area is 153 Å². The molecule has 1 atom stereocenters. The molecule has 0 saturated carbocycles. The zero-order chi connectivity index (χ0) is 19.0. The first-order valence-electron chi connectivity index (χ1n) is 7.58. The minimum Gasteiger partial charge on any atom is -0.427 e. The van der Waals surface area contributed by atoms with Crippen molar-refractivity contribution in [2.45, 2.75) is 26.7 Å². The van der Waals surface area contributed by atoms with E-state index in [1.54, 1.807) is 45.0 Å². The first-order valence-corrected chi connectivity index (χ1v) is 9.39. The predicted octanol–water partition coefficient (Wildman–Crippen LogP) is 2.99. The van der Waals surface area contributed by atoms with Crippen LogP contribution in [0.1, 0.15) is 32.3 Å². The van der Waals surface area contributed by atoms with Crippen LogP contribution < -0.4 is 5.32 Å². The Morgan fingerprint density at radius 2 is 1.80 bits per heavy atom. The van der Waals surface area contributed by atoms with Crippen LogP contribution in [-0.2, 0) is 14.3 Å². The summed E-state index contributed by atoms with van der Waals surface area (Å²) < 4.78 is 9.62. The van der Waals surface area contributed by atoms with Crippen molar-refractivity contribution in [2.75, 3.05) is 19.5 Å². The lowest BCUT2D eigenvalue weighted by Gasteiger charge is -2.19. The van der Waals surface area contributed by atoms with Crippen LogP contribution in [0.15, 0.2) is 24.3 Å². The normalized spacial score (nSPS) is 12.6. The molecule has 0 aromatic heterocycles. The Balaban J connectivity index is 2.49. The summed E-state index contributed by atoms with van der Waals surface area (Å²) >= 11 is 5.84. The first kappa shape index (κ1) is 21.6. The van der Waals surface area contributed by atoms with E-state index in [0.717, 1.165) is 5.56 Å². The number of amides is 1. The van der Waals surface area contributed by atoms with E-state index in [1.165, 1.54) is 0 Å². The van der Waals surface area contributed by atoms with Gasteiger partial charge >= 0.3 is 12.1 Å². The van der Waals surface area contributed by atoms with Gasteiger partial charge < -0.3 is 24.6 Å². The highest BCUT2D eigenvalue weighted by Crippen LogP contribution is 2.32. The molecule has 0 unspecified atom stereocenters. The van der Waals surface area contributed by atoms with E-state index >= 15 is 0 Å². The number of rotatable bonds is 7. The molecule has 0 aliphatic carbocycles. The smallest absolute Gasteiger partial charge is 0.410 e. The largest absolute Gasteiger partial charge is 0.427 e. The zero-order valence-corrected chi connectivity index (χ0v) is 16.0. The molecule has 140 valence electrons. The van der Waals surface area contributed by atoms with Gasteiger partial charge in [-0.15, -0.1) is 0 Å². The second-order valence-corrected chi connectivity index (χ2v) is 7.96. The lowest BCUT2D eigenvalue weighted by molar-refractivity contribution is -0.161. The number of carbonyl (C=O) groups is 2. The summed E-state index contributed by atoms with van der Waals surface area (Å²) in [6.07, 6.45) is -0.670. The molecule has 0 heterocycles. The van der Waals surface area contributed by atoms with Gasteiger partial charge in [0.2, 0.25) is 6.79 Å². The molecule has 7 nitrogen and oxygen atoms in total. The highest BCUT2D eigenvalue weighted by Gasteiger charge is 2.23. The molecule has 3 N–H and O–H groups in total. The molecule has 0 aliphatic rings. The summed E-state index contributed by atoms with van der Waals surface area (Å²) in [5.74, 6) is -0.798. The highest BCUT2D eigenvalue weighted by atomic mass is 35.5. The Bertz CT molecular complexity index is 573. The summed E-state index contributed by atoms with van der Waals surface area (Å²) in [5.41, 5.74) is 0.123. The van der Waals surface area contributed by atoms with Crippen LogP contribution in [0.5, 0.6) is 0 Å². The van der Waals surface area contributed by atoms with Crippen LogP contribution >= 0.6 is 20.0 Å². The van der Waals surface area contributed by atoms with E-state index < -0.39 is 32.6 Å². The quantitative estimate of drug-likeness (QED) is 0.375. The molecule has 0 fully saturated rings. The van der Waals surface area contributed by atoms with Crippen LogP contribution in [0.4, 0.5) is 4.79 Å². The summed E-state index contributed by atoms with van der Waals surface area (Å²) in [4.78, 5) is 41.8. The van der Waals surface area contributed by atoms with Gasteiger partial charge in [0.1, 0.15) is 0 Å². The van der Waals surface area contributed by atoms with Gasteiger partial charge in [0.05, 0.1) is 5.41 Å². The Morgan fingerprint density at radius 3 is 2.32 bits per heavy atom. The average Bonchev–Trinajstić information content (AvgIpc) is 2.51. The molecule has 9 heteroatoms. The molecule has 1 aromatic rings. The van der Waals surface area contributed by atoms with Crippen molar-refractivity contribution in [3.05, 3.63) is 34.9 Å². The number of esters is 1. The first-order chi connectivity index (χ1) is 11.6. The number of carbonyl (C=O) groups excluding carboxylic acids is 2. The van der Waals surface area contributed by atoms with E-state index in [2.05, 4.69) is 5.32 Å². The minimum atomic E-state index is -2.13. The molecule has 1 aromatic carbocycles. The van der Waals surface area contributed by atoms with Crippen LogP contribution in [0.2, 0.25) is 5.02 Å². The fourth-order valence-corrected chi connectivity index (χ4v) is 2.69. The summed E-state index contributed by atoms with van der Waals surface area (Å²) in [6, 6.07) is 6.88. The van der Waals surface area contributed by atoms with E-state index in [4.69, 9.17) is 21.1 Å². The predicted molar refractivity (Wildman–Crippen MR) is 95.3 cm³/mol. The topological polar surface area (TPSA) is 105 Å². The summed E-state index contributed by atoms with van der Waals surface area (Å²) in [5, 5.41) is 3.08. The number of halogens is 1. The van der Waals surface area contributed by atoms with Gasteiger partial charge in [-0.05, 0) is 38.5 Å². The van der Waals surface area contributed by atoms with Crippen molar-refractivity contribution in [1.82, 2.24) is 5.32 Å². The van der Waals surface area contributed by atoms with Crippen LogP contribution in [-0.4, -0.2) is 41.3 Å². The fourth-order valence-electron chi connectivity index (χ4n) is 1.83. The Morgan fingerprint density at radius 1 is 1.20 bits per heavy atom. The number of nitrogens with one attached hydrogen (secondary N) is 1. The molecule has 0 saturated heterocycles. The number of hydrogen-bond acceptors (Lipinski definition) is 6. The van der Waals surface area contributed by atoms with E-state index in [1.807, 2.05) is 0 Å². The third-order valence-corrected chi connectivity index (χ3v) is 4.23. The third-order valence-electron chi connectivity index (χ3n) is 3.21.